The first kappa shape index (κ1) is 28.9. The number of benzene rings is 2. The Kier molecular flexibility index (Phi) is 10.1. The smallest absolute Gasteiger partial charge is 0.249 e. The number of piperidine rings is 1. The number of carbonyl (C=O) groups excluding carboxylic acids is 1. The SMILES string of the molecule is COc1ccc2ncc(Cl)c(C(O)CCC3(C(=O)NO)CCN(CCCSc4ccccc4Cl)CC3)c2c1. The first-order valence-electron chi connectivity index (χ1n) is 12.7. The molecular formula is C28H33Cl2N3O4S. The summed E-state index contributed by atoms with van der Waals surface area (Å²) in [6, 6.07) is 13.3. The molecule has 1 aliphatic heterocycles. The van der Waals surface area contributed by atoms with E-state index >= 15 is 0 Å². The van der Waals surface area contributed by atoms with Crippen LogP contribution in [0.15, 0.2) is 53.6 Å². The lowest BCUT2D eigenvalue weighted by Crippen LogP contribution is -2.48. The van der Waals surface area contributed by atoms with E-state index in [1.807, 2.05) is 47.9 Å². The van der Waals surface area contributed by atoms with Crippen LogP contribution in [0.2, 0.25) is 10.0 Å². The molecule has 10 heteroatoms. The second-order valence-corrected chi connectivity index (χ2v) is 11.6. The van der Waals surface area contributed by atoms with Crippen molar-refractivity contribution in [2.75, 3.05) is 32.5 Å². The van der Waals surface area contributed by atoms with Crippen molar-refractivity contribution < 1.29 is 19.8 Å². The highest BCUT2D eigenvalue weighted by molar-refractivity contribution is 7.99. The highest BCUT2D eigenvalue weighted by atomic mass is 35.5. The third kappa shape index (κ3) is 6.73. The van der Waals surface area contributed by atoms with Crippen molar-refractivity contribution in [2.45, 2.75) is 43.1 Å². The molecule has 0 bridgehead atoms. The number of aliphatic hydroxyl groups excluding tert-OH is 1. The van der Waals surface area contributed by atoms with Gasteiger partial charge in [0.1, 0.15) is 5.75 Å². The van der Waals surface area contributed by atoms with Gasteiger partial charge in [-0.3, -0.25) is 15.0 Å². The molecule has 0 radical (unpaired) electrons. The number of aliphatic hydroxyl groups is 1. The zero-order valence-corrected chi connectivity index (χ0v) is 23.7. The van der Waals surface area contributed by atoms with Crippen LogP contribution in [-0.2, 0) is 4.79 Å². The quantitative estimate of drug-likeness (QED) is 0.109. The van der Waals surface area contributed by atoms with Crippen molar-refractivity contribution in [3.63, 3.8) is 0 Å². The molecule has 2 aromatic carbocycles. The van der Waals surface area contributed by atoms with Crippen LogP contribution in [-0.4, -0.2) is 58.6 Å². The fourth-order valence-corrected chi connectivity index (χ4v) is 6.59. The second-order valence-electron chi connectivity index (χ2n) is 9.65. The van der Waals surface area contributed by atoms with Crippen LogP contribution < -0.4 is 10.2 Å². The summed E-state index contributed by atoms with van der Waals surface area (Å²) in [6.07, 6.45) is 3.57. The van der Waals surface area contributed by atoms with Crippen molar-refractivity contribution in [3.05, 3.63) is 64.3 Å². The summed E-state index contributed by atoms with van der Waals surface area (Å²) in [6.45, 7) is 2.42. The molecule has 1 amide bonds. The van der Waals surface area contributed by atoms with Gasteiger partial charge >= 0.3 is 0 Å². The van der Waals surface area contributed by atoms with Crippen molar-refractivity contribution in [3.8, 4) is 5.75 Å². The maximum atomic E-state index is 12.8. The minimum absolute atomic E-state index is 0.317. The van der Waals surface area contributed by atoms with Gasteiger partial charge < -0.3 is 14.7 Å². The third-order valence-corrected chi connectivity index (χ3v) is 9.31. The van der Waals surface area contributed by atoms with Crippen molar-refractivity contribution >= 4 is 51.8 Å². The molecule has 1 atom stereocenters. The highest BCUT2D eigenvalue weighted by Gasteiger charge is 2.41. The molecule has 2 heterocycles. The Bertz CT molecular complexity index is 1250. The van der Waals surface area contributed by atoms with Crippen LogP contribution in [0.25, 0.3) is 10.9 Å². The Balaban J connectivity index is 1.36. The minimum atomic E-state index is -0.900. The van der Waals surface area contributed by atoms with Gasteiger partial charge in [0.2, 0.25) is 5.91 Å². The number of fused-ring (bicyclic) bond motifs is 1. The zero-order valence-electron chi connectivity index (χ0n) is 21.3. The van der Waals surface area contributed by atoms with E-state index < -0.39 is 17.4 Å². The topological polar surface area (TPSA) is 94.9 Å². The maximum Gasteiger partial charge on any atom is 0.249 e. The van der Waals surface area contributed by atoms with Gasteiger partial charge in [0.15, 0.2) is 0 Å². The summed E-state index contributed by atoms with van der Waals surface area (Å²) in [4.78, 5) is 20.6. The average Bonchev–Trinajstić information content (AvgIpc) is 2.94. The van der Waals surface area contributed by atoms with Crippen LogP contribution in [0, 0.1) is 5.41 Å². The Morgan fingerprint density at radius 3 is 2.68 bits per heavy atom. The first-order valence-corrected chi connectivity index (χ1v) is 14.5. The van der Waals surface area contributed by atoms with Gasteiger partial charge in [-0.1, -0.05) is 35.3 Å². The number of methoxy groups -OCH3 is 1. The predicted molar refractivity (Wildman–Crippen MR) is 152 cm³/mol. The molecule has 1 aromatic heterocycles. The van der Waals surface area contributed by atoms with E-state index in [-0.39, 0.29) is 0 Å². The van der Waals surface area contributed by atoms with Crippen LogP contribution in [0.4, 0.5) is 0 Å². The van der Waals surface area contributed by atoms with E-state index in [1.54, 1.807) is 18.9 Å². The molecule has 1 fully saturated rings. The maximum absolute atomic E-state index is 12.8. The molecule has 204 valence electrons. The Morgan fingerprint density at radius 1 is 1.21 bits per heavy atom. The van der Waals surface area contributed by atoms with Gasteiger partial charge in [-0.15, -0.1) is 11.8 Å². The van der Waals surface area contributed by atoms with Gasteiger partial charge in [-0.25, -0.2) is 5.48 Å². The van der Waals surface area contributed by atoms with E-state index in [2.05, 4.69) is 9.88 Å². The first-order chi connectivity index (χ1) is 18.4. The number of hydrogen-bond donors (Lipinski definition) is 3. The lowest BCUT2D eigenvalue weighted by molar-refractivity contribution is -0.143. The number of rotatable bonds is 11. The molecule has 38 heavy (non-hydrogen) atoms. The van der Waals surface area contributed by atoms with E-state index in [1.165, 1.54) is 6.20 Å². The number of hydrogen-bond acceptors (Lipinski definition) is 7. The number of likely N-dealkylation sites (tertiary alicyclic amines) is 1. The van der Waals surface area contributed by atoms with Crippen molar-refractivity contribution in [1.82, 2.24) is 15.4 Å². The number of ether oxygens (including phenoxy) is 1. The molecule has 0 saturated carbocycles. The molecule has 0 aliphatic carbocycles. The summed E-state index contributed by atoms with van der Waals surface area (Å²) in [5.74, 6) is 1.20. The monoisotopic (exact) mass is 577 g/mol. The fraction of sp³-hybridized carbons (Fsp3) is 0.429. The summed E-state index contributed by atoms with van der Waals surface area (Å²) < 4.78 is 5.34. The summed E-state index contributed by atoms with van der Waals surface area (Å²) in [7, 11) is 1.58. The molecular weight excluding hydrogens is 545 g/mol. The minimum Gasteiger partial charge on any atom is -0.497 e. The molecule has 7 nitrogen and oxygen atoms in total. The summed E-state index contributed by atoms with van der Waals surface area (Å²) in [5, 5.41) is 22.6. The van der Waals surface area contributed by atoms with Crippen molar-refractivity contribution in [2.24, 2.45) is 5.41 Å². The van der Waals surface area contributed by atoms with Crippen LogP contribution >= 0.6 is 35.0 Å². The Hall–Kier alpha value is -2.07. The molecule has 1 saturated heterocycles. The largest absolute Gasteiger partial charge is 0.497 e. The van der Waals surface area contributed by atoms with Crippen LogP contribution in [0.1, 0.15) is 43.8 Å². The van der Waals surface area contributed by atoms with Gasteiger partial charge in [-0.05, 0) is 87.8 Å². The van der Waals surface area contributed by atoms with E-state index in [0.29, 0.717) is 47.5 Å². The van der Waals surface area contributed by atoms with Gasteiger partial charge in [-0.2, -0.15) is 0 Å². The number of nitrogens with zero attached hydrogens (tertiary/aromatic N) is 2. The lowest BCUT2D eigenvalue weighted by atomic mass is 9.73. The van der Waals surface area contributed by atoms with Crippen LogP contribution in [0.5, 0.6) is 5.75 Å². The molecule has 3 N–H and O–H groups in total. The molecule has 4 rings (SSSR count). The molecule has 1 aliphatic rings. The van der Waals surface area contributed by atoms with Crippen molar-refractivity contribution in [1.29, 1.82) is 0 Å². The third-order valence-electron chi connectivity index (χ3n) is 7.41. The van der Waals surface area contributed by atoms with Crippen LogP contribution in [0.3, 0.4) is 0 Å². The number of halogens is 2. The predicted octanol–water partition coefficient (Wildman–Crippen LogP) is 6.13. The second kappa shape index (κ2) is 13.3. The zero-order chi connectivity index (χ0) is 27.1. The number of aromatic nitrogens is 1. The standard InChI is InChI=1S/C28H33Cl2N3O4S/c1-37-19-7-8-23-20(17-19)26(22(30)18-31-23)24(34)9-10-28(27(35)32-36)11-14-33(15-12-28)13-4-16-38-25-6-3-2-5-21(25)29/h2-3,5-8,17-18,24,34,36H,4,9-16H2,1H3,(H,32,35). The number of pyridine rings is 1. The number of hydroxylamine groups is 1. The molecule has 3 aromatic rings. The summed E-state index contributed by atoms with van der Waals surface area (Å²) in [5.41, 5.74) is 2.39. The highest BCUT2D eigenvalue weighted by Crippen LogP contribution is 2.41. The van der Waals surface area contributed by atoms with E-state index in [0.717, 1.165) is 47.1 Å². The lowest BCUT2D eigenvalue weighted by Gasteiger charge is -2.40. The number of nitrogens with one attached hydrogen (secondary N) is 1. The Morgan fingerprint density at radius 2 is 1.97 bits per heavy atom. The van der Waals surface area contributed by atoms with Gasteiger partial charge in [0.25, 0.3) is 0 Å². The number of amides is 1. The Labute approximate surface area is 237 Å². The fourth-order valence-electron chi connectivity index (χ4n) is 5.14. The molecule has 1 unspecified atom stereocenters. The average molecular weight is 579 g/mol. The molecule has 0 spiro atoms. The number of thioether (sulfide) groups is 1. The van der Waals surface area contributed by atoms with Gasteiger partial charge in [0.05, 0.1) is 34.2 Å². The normalized spacial score (nSPS) is 16.3. The van der Waals surface area contributed by atoms with Gasteiger partial charge in [0, 0.05) is 22.0 Å². The summed E-state index contributed by atoms with van der Waals surface area (Å²) >= 11 is 14.5. The van der Waals surface area contributed by atoms with E-state index in [4.69, 9.17) is 27.9 Å². The number of carbonyl (C=O) groups is 1. The van der Waals surface area contributed by atoms with E-state index in [9.17, 15) is 15.1 Å².